The minimum Gasteiger partial charge on any atom is -0.467 e. The van der Waals surface area contributed by atoms with Crippen LogP contribution < -0.4 is 21.7 Å². The van der Waals surface area contributed by atoms with Gasteiger partial charge in [0.25, 0.3) is 0 Å². The van der Waals surface area contributed by atoms with Gasteiger partial charge >= 0.3 is 12.1 Å². The van der Waals surface area contributed by atoms with Crippen LogP contribution in [0.4, 0.5) is 4.79 Å². The summed E-state index contributed by atoms with van der Waals surface area (Å²) in [6.45, 7) is 8.72. The number of rotatable bonds is 10. The number of unbranched alkanes of at least 4 members (excludes halogenated alkanes) is 1. The number of nitrogens with two attached hydrogens (primary N) is 1. The van der Waals surface area contributed by atoms with Gasteiger partial charge in [-0.15, -0.1) is 0 Å². The van der Waals surface area contributed by atoms with Crippen molar-refractivity contribution < 1.29 is 28.7 Å². The predicted molar refractivity (Wildman–Crippen MR) is 103 cm³/mol. The molecule has 0 spiro atoms. The number of hydrogen-bond acceptors (Lipinski definition) is 7. The predicted octanol–water partition coefficient (Wildman–Crippen LogP) is 0.191. The molecule has 162 valence electrons. The maximum Gasteiger partial charge on any atom is 0.407 e. The first-order valence-electron chi connectivity index (χ1n) is 9.28. The number of ether oxygens (including phenoxy) is 2. The quantitative estimate of drug-likeness (QED) is 0.301. The Labute approximate surface area is 166 Å². The number of carbonyl (C=O) groups is 4. The zero-order valence-electron chi connectivity index (χ0n) is 17.6. The highest BCUT2D eigenvalue weighted by molar-refractivity contribution is 5.91. The third kappa shape index (κ3) is 11.4. The molecule has 0 radical (unpaired) electrons. The van der Waals surface area contributed by atoms with Gasteiger partial charge in [0.15, 0.2) is 0 Å². The fraction of sp³-hybridized carbons (Fsp3) is 0.778. The number of nitrogens with one attached hydrogen (secondary N) is 3. The fourth-order valence-electron chi connectivity index (χ4n) is 2.09. The second kappa shape index (κ2) is 12.2. The molecule has 10 heteroatoms. The molecule has 0 rings (SSSR count). The van der Waals surface area contributed by atoms with Crippen molar-refractivity contribution >= 4 is 23.9 Å². The lowest BCUT2D eigenvalue weighted by Gasteiger charge is -2.20. The standard InChI is InChI=1S/C18H34N4O6/c1-11(14(23)22-12(2)16(25)27-6)21-15(24)13(19)9-7-8-10-20-17(26)28-18(3,4)5/h11-13H,7-10,19H2,1-6H3,(H,20,26)(H,21,24)(H,22,23)/t11-,12-,13-/m0/s1. The van der Waals surface area contributed by atoms with Crippen LogP contribution in [-0.4, -0.2) is 61.3 Å². The Morgan fingerprint density at radius 1 is 0.964 bits per heavy atom. The number of esters is 1. The second-order valence-corrected chi connectivity index (χ2v) is 7.51. The summed E-state index contributed by atoms with van der Waals surface area (Å²) >= 11 is 0. The molecule has 28 heavy (non-hydrogen) atoms. The smallest absolute Gasteiger partial charge is 0.407 e. The van der Waals surface area contributed by atoms with Gasteiger partial charge in [-0.2, -0.15) is 0 Å². The molecule has 3 amide bonds. The average molecular weight is 402 g/mol. The van der Waals surface area contributed by atoms with Gasteiger partial charge in [0, 0.05) is 6.54 Å². The molecule has 5 N–H and O–H groups in total. The molecule has 0 unspecified atom stereocenters. The van der Waals surface area contributed by atoms with Gasteiger partial charge in [-0.3, -0.25) is 9.59 Å². The van der Waals surface area contributed by atoms with Crippen LogP contribution in [0.15, 0.2) is 0 Å². The zero-order chi connectivity index (χ0) is 21.9. The van der Waals surface area contributed by atoms with E-state index in [9.17, 15) is 19.2 Å². The normalized spacial score (nSPS) is 14.2. The van der Waals surface area contributed by atoms with Crippen molar-refractivity contribution in [3.63, 3.8) is 0 Å². The van der Waals surface area contributed by atoms with E-state index in [1.54, 1.807) is 20.8 Å². The summed E-state index contributed by atoms with van der Waals surface area (Å²) in [6.07, 6.45) is 1.15. The maximum atomic E-state index is 12.1. The highest BCUT2D eigenvalue weighted by atomic mass is 16.6. The Morgan fingerprint density at radius 2 is 1.54 bits per heavy atom. The Morgan fingerprint density at radius 3 is 2.07 bits per heavy atom. The third-order valence-corrected chi connectivity index (χ3v) is 3.61. The first kappa shape index (κ1) is 25.6. The van der Waals surface area contributed by atoms with Crippen LogP contribution in [0.25, 0.3) is 0 Å². The molecule has 0 aromatic rings. The summed E-state index contributed by atoms with van der Waals surface area (Å²) in [5, 5.41) is 7.58. The van der Waals surface area contributed by atoms with Gasteiger partial charge in [0.1, 0.15) is 17.7 Å². The Balaban J connectivity index is 4.10. The van der Waals surface area contributed by atoms with Gasteiger partial charge in [-0.05, 0) is 53.9 Å². The second-order valence-electron chi connectivity index (χ2n) is 7.51. The molecule has 0 aromatic carbocycles. The van der Waals surface area contributed by atoms with Crippen molar-refractivity contribution in [3.05, 3.63) is 0 Å². The van der Waals surface area contributed by atoms with Crippen LogP contribution in [0.2, 0.25) is 0 Å². The molecule has 0 aliphatic heterocycles. The molecule has 0 saturated carbocycles. The molecule has 10 nitrogen and oxygen atoms in total. The molecule has 3 atom stereocenters. The molecular weight excluding hydrogens is 368 g/mol. The average Bonchev–Trinajstić information content (AvgIpc) is 2.58. The van der Waals surface area contributed by atoms with E-state index in [-0.39, 0.29) is 0 Å². The van der Waals surface area contributed by atoms with Crippen LogP contribution in [0.3, 0.4) is 0 Å². The SMILES string of the molecule is COC(=O)[C@H](C)NC(=O)[C@H](C)NC(=O)[C@@H](N)CCCCNC(=O)OC(C)(C)C. The molecule has 0 fully saturated rings. The highest BCUT2D eigenvalue weighted by Crippen LogP contribution is 2.06. The van der Waals surface area contributed by atoms with Crippen molar-refractivity contribution in [3.8, 4) is 0 Å². The van der Waals surface area contributed by atoms with Crippen molar-refractivity contribution in [1.82, 2.24) is 16.0 Å². The zero-order valence-corrected chi connectivity index (χ0v) is 17.6. The van der Waals surface area contributed by atoms with E-state index in [2.05, 4.69) is 20.7 Å². The molecular formula is C18H34N4O6. The van der Waals surface area contributed by atoms with E-state index in [1.165, 1.54) is 21.0 Å². The lowest BCUT2D eigenvalue weighted by Crippen LogP contribution is -2.52. The van der Waals surface area contributed by atoms with Crippen LogP contribution in [-0.2, 0) is 23.9 Å². The van der Waals surface area contributed by atoms with Crippen molar-refractivity contribution in [2.75, 3.05) is 13.7 Å². The highest BCUT2D eigenvalue weighted by Gasteiger charge is 2.23. The minimum absolute atomic E-state index is 0.398. The molecule has 0 aliphatic carbocycles. The summed E-state index contributed by atoms with van der Waals surface area (Å²) in [5.41, 5.74) is 5.28. The third-order valence-electron chi connectivity index (χ3n) is 3.61. The van der Waals surface area contributed by atoms with Crippen LogP contribution in [0.5, 0.6) is 0 Å². The minimum atomic E-state index is -0.848. The summed E-state index contributed by atoms with van der Waals surface area (Å²) in [6, 6.07) is -2.45. The van der Waals surface area contributed by atoms with Crippen LogP contribution in [0.1, 0.15) is 53.9 Å². The largest absolute Gasteiger partial charge is 0.467 e. The van der Waals surface area contributed by atoms with E-state index in [0.717, 1.165) is 0 Å². The van der Waals surface area contributed by atoms with Crippen molar-refractivity contribution in [2.45, 2.75) is 77.6 Å². The first-order chi connectivity index (χ1) is 12.9. The summed E-state index contributed by atoms with van der Waals surface area (Å²) in [5.74, 6) is -1.56. The van der Waals surface area contributed by atoms with E-state index in [4.69, 9.17) is 10.5 Å². The van der Waals surface area contributed by atoms with Gasteiger partial charge in [0.05, 0.1) is 13.2 Å². The van der Waals surface area contributed by atoms with E-state index in [1.807, 2.05) is 0 Å². The van der Waals surface area contributed by atoms with Gasteiger partial charge in [-0.25, -0.2) is 9.59 Å². The first-order valence-corrected chi connectivity index (χ1v) is 9.28. The van der Waals surface area contributed by atoms with E-state index >= 15 is 0 Å². The van der Waals surface area contributed by atoms with E-state index < -0.39 is 47.6 Å². The number of methoxy groups -OCH3 is 1. The summed E-state index contributed by atoms with van der Waals surface area (Å²) in [7, 11) is 1.22. The van der Waals surface area contributed by atoms with Crippen molar-refractivity contribution in [2.24, 2.45) is 5.73 Å². The molecule has 0 heterocycles. The Hall–Kier alpha value is -2.36. The molecule has 0 saturated heterocycles. The number of amides is 3. The van der Waals surface area contributed by atoms with Crippen molar-refractivity contribution in [1.29, 1.82) is 0 Å². The monoisotopic (exact) mass is 402 g/mol. The molecule has 0 aliphatic rings. The Kier molecular flexibility index (Phi) is 11.1. The van der Waals surface area contributed by atoms with E-state index in [0.29, 0.717) is 25.8 Å². The lowest BCUT2D eigenvalue weighted by atomic mass is 10.1. The van der Waals surface area contributed by atoms with Gasteiger partial charge < -0.3 is 31.2 Å². The molecule has 0 aromatic heterocycles. The number of alkyl carbamates (subject to hydrolysis) is 1. The van der Waals surface area contributed by atoms with Gasteiger partial charge in [-0.1, -0.05) is 0 Å². The number of carbonyl (C=O) groups excluding carboxylic acids is 4. The number of hydrogen-bond donors (Lipinski definition) is 4. The topological polar surface area (TPSA) is 149 Å². The lowest BCUT2D eigenvalue weighted by molar-refractivity contribution is -0.144. The van der Waals surface area contributed by atoms with Crippen LogP contribution in [0, 0.1) is 0 Å². The van der Waals surface area contributed by atoms with Gasteiger partial charge in [0.2, 0.25) is 11.8 Å². The molecule has 0 bridgehead atoms. The summed E-state index contributed by atoms with van der Waals surface area (Å²) < 4.78 is 9.63. The van der Waals surface area contributed by atoms with Crippen LogP contribution >= 0.6 is 0 Å². The fourth-order valence-corrected chi connectivity index (χ4v) is 2.09. The maximum absolute atomic E-state index is 12.1. The summed E-state index contributed by atoms with van der Waals surface area (Å²) in [4.78, 5) is 46.8. The Bertz CT molecular complexity index is 547.